The summed E-state index contributed by atoms with van der Waals surface area (Å²) in [6, 6.07) is 52.6. The Bertz CT molecular complexity index is 2160. The maximum absolute atomic E-state index is 5.54. The summed E-state index contributed by atoms with van der Waals surface area (Å²) in [5.74, 6) is 0. The molecule has 8 rings (SSSR count). The van der Waals surface area contributed by atoms with Crippen molar-refractivity contribution in [1.29, 1.82) is 0 Å². The number of halogens is 2. The Kier molecular flexibility index (Phi) is 10.2. The third kappa shape index (κ3) is 7.34. The number of hydrogen-bond donors (Lipinski definition) is 0. The molecule has 0 aromatic heterocycles. The Hall–Kier alpha value is -3.61. The molecule has 8 aromatic carbocycles. The van der Waals surface area contributed by atoms with Crippen LogP contribution in [0.4, 0.5) is 0 Å². The molecule has 8 aromatic rings. The van der Waals surface area contributed by atoms with Gasteiger partial charge in [0.2, 0.25) is 0 Å². The minimum Gasteiger partial charge on any atom is -0.165 e. The van der Waals surface area contributed by atoms with Crippen LogP contribution >= 0.6 is 17.0 Å². The van der Waals surface area contributed by atoms with Crippen LogP contribution in [0.1, 0.15) is 25.0 Å². The minimum atomic E-state index is -1.84. The molecule has 0 radical (unpaired) electrons. The van der Waals surface area contributed by atoms with E-state index in [2.05, 4.69) is 159 Å². The number of hydrogen-bond acceptors (Lipinski definition) is 0. The topological polar surface area (TPSA) is 0 Å². The Labute approximate surface area is 286 Å². The maximum Gasteiger partial charge on any atom is -0.0178 e. The molecule has 0 aliphatic carbocycles. The number of rotatable bonds is 2. The molecule has 3 heteroatoms. The third-order valence-electron chi connectivity index (χ3n) is 8.29. The summed E-state index contributed by atoms with van der Waals surface area (Å²) < 4.78 is 1.24. The van der Waals surface area contributed by atoms with Crippen LogP contribution in [0.5, 0.6) is 0 Å². The smallest absolute Gasteiger partial charge is 0.0178 e. The van der Waals surface area contributed by atoms with Gasteiger partial charge in [-0.1, -0.05) is 110 Å². The SMILES string of the molecule is C[C](C)=[Zr]([Cl])[Cl].Cc1cc2c(-c3ccc4ccccc4c3)cccc2[cH-]1.Cc1cc2c(-c3ccc4ccccc4c3)cccc2[cH-]1. The number of aryl methyl sites for hydroxylation is 2. The van der Waals surface area contributed by atoms with Crippen molar-refractivity contribution in [2.75, 3.05) is 0 Å². The van der Waals surface area contributed by atoms with Crippen LogP contribution in [0, 0.1) is 13.8 Å². The molecule has 0 spiro atoms. The molecule has 0 unspecified atom stereocenters. The van der Waals surface area contributed by atoms with Gasteiger partial charge in [-0.3, -0.25) is 0 Å². The summed E-state index contributed by atoms with van der Waals surface area (Å²) in [7, 11) is 11.1. The van der Waals surface area contributed by atoms with E-state index in [1.807, 2.05) is 13.8 Å². The van der Waals surface area contributed by atoms with E-state index < -0.39 is 18.9 Å². The summed E-state index contributed by atoms with van der Waals surface area (Å²) in [5.41, 5.74) is 7.88. The van der Waals surface area contributed by atoms with Crippen LogP contribution < -0.4 is 0 Å². The van der Waals surface area contributed by atoms with Gasteiger partial charge >= 0.3 is 53.0 Å². The van der Waals surface area contributed by atoms with Crippen LogP contribution in [-0.2, 0) is 18.9 Å². The Morgan fingerprint density at radius 1 is 0.478 bits per heavy atom. The maximum atomic E-state index is 5.54. The van der Waals surface area contributed by atoms with Crippen molar-refractivity contribution < 1.29 is 18.9 Å². The number of benzene rings is 6. The van der Waals surface area contributed by atoms with Gasteiger partial charge in [-0.15, -0.1) is 69.1 Å². The summed E-state index contributed by atoms with van der Waals surface area (Å²) in [6.45, 7) is 8.28. The van der Waals surface area contributed by atoms with Crippen LogP contribution in [0.2, 0.25) is 0 Å². The van der Waals surface area contributed by atoms with Crippen molar-refractivity contribution in [3.05, 3.63) is 157 Å². The van der Waals surface area contributed by atoms with Crippen LogP contribution in [0.3, 0.4) is 0 Å². The van der Waals surface area contributed by atoms with E-state index in [0.717, 1.165) is 0 Å². The van der Waals surface area contributed by atoms with Crippen molar-refractivity contribution in [3.63, 3.8) is 0 Å². The molecule has 0 fully saturated rings. The van der Waals surface area contributed by atoms with E-state index >= 15 is 0 Å². The minimum absolute atomic E-state index is 1.24. The third-order valence-corrected chi connectivity index (χ3v) is 14.6. The van der Waals surface area contributed by atoms with E-state index in [-0.39, 0.29) is 0 Å². The standard InChI is InChI=1S/2C20H15.C3H6.2ClH.Zr/c2*1-14-11-17-7-4-8-19(20(17)12-14)18-10-9-15-5-2-3-6-16(15)13-18;1-3-2;;;/h2*2-13H,1H3;1-2H3;2*1H;/q2*-1;;;;+2/p-2. The van der Waals surface area contributed by atoms with Crippen LogP contribution in [0.15, 0.2) is 146 Å². The molecule has 0 aliphatic heterocycles. The van der Waals surface area contributed by atoms with Gasteiger partial charge in [0, 0.05) is 0 Å². The molecule has 0 bridgehead atoms. The van der Waals surface area contributed by atoms with E-state index in [1.54, 1.807) is 0 Å². The molecular formula is C43H36Cl2Zr-2. The number of fused-ring (bicyclic) bond motifs is 4. The van der Waals surface area contributed by atoms with E-state index in [9.17, 15) is 0 Å². The molecule has 0 saturated heterocycles. The molecule has 0 atom stereocenters. The average molecular weight is 715 g/mol. The molecule has 0 amide bonds. The first kappa shape index (κ1) is 32.3. The predicted molar refractivity (Wildman–Crippen MR) is 203 cm³/mol. The van der Waals surface area contributed by atoms with Gasteiger partial charge in [0.25, 0.3) is 0 Å². The van der Waals surface area contributed by atoms with Crippen molar-refractivity contribution in [3.8, 4) is 22.3 Å². The summed E-state index contributed by atoms with van der Waals surface area (Å²) in [6.07, 6.45) is 0. The first-order valence-corrected chi connectivity index (χ1v) is 23.1. The van der Waals surface area contributed by atoms with Crippen molar-refractivity contribution >= 4 is 63.3 Å². The Morgan fingerprint density at radius 2 is 0.870 bits per heavy atom. The van der Waals surface area contributed by atoms with E-state index in [1.165, 1.54) is 79.7 Å². The molecule has 0 N–H and O–H groups in total. The largest absolute Gasteiger partial charge is 0.165 e. The van der Waals surface area contributed by atoms with Crippen LogP contribution in [-0.4, -0.2) is 3.21 Å². The second-order valence-corrected chi connectivity index (χ2v) is 21.4. The van der Waals surface area contributed by atoms with Gasteiger partial charge in [0.1, 0.15) is 0 Å². The second-order valence-electron chi connectivity index (χ2n) is 12.1. The second kappa shape index (κ2) is 14.4. The summed E-state index contributed by atoms with van der Waals surface area (Å²) in [4.78, 5) is 0. The van der Waals surface area contributed by atoms with Crippen LogP contribution in [0.25, 0.3) is 65.3 Å². The zero-order valence-electron chi connectivity index (χ0n) is 26.6. The van der Waals surface area contributed by atoms with Crippen molar-refractivity contribution in [2.45, 2.75) is 27.7 Å². The van der Waals surface area contributed by atoms with Gasteiger partial charge in [-0.2, -0.15) is 12.1 Å². The van der Waals surface area contributed by atoms with Gasteiger partial charge < -0.3 is 0 Å². The van der Waals surface area contributed by atoms with E-state index in [0.29, 0.717) is 0 Å². The fourth-order valence-electron chi connectivity index (χ4n) is 5.99. The molecular weight excluding hydrogens is 679 g/mol. The molecule has 0 aliphatic rings. The normalized spacial score (nSPS) is 10.8. The molecule has 46 heavy (non-hydrogen) atoms. The zero-order chi connectivity index (χ0) is 32.2. The van der Waals surface area contributed by atoms with Gasteiger partial charge in [0.05, 0.1) is 0 Å². The van der Waals surface area contributed by atoms with Crippen molar-refractivity contribution in [2.24, 2.45) is 0 Å². The first-order valence-electron chi connectivity index (χ1n) is 15.6. The van der Waals surface area contributed by atoms with Crippen molar-refractivity contribution in [1.82, 2.24) is 0 Å². The van der Waals surface area contributed by atoms with Gasteiger partial charge in [0.15, 0.2) is 0 Å². The van der Waals surface area contributed by atoms with Gasteiger partial charge in [-0.05, 0) is 44.8 Å². The Balaban J connectivity index is 0.000000138. The average Bonchev–Trinajstić information content (AvgIpc) is 3.65. The molecule has 0 nitrogen and oxygen atoms in total. The molecule has 228 valence electrons. The quantitative estimate of drug-likeness (QED) is 0.156. The van der Waals surface area contributed by atoms with Gasteiger partial charge in [-0.25, -0.2) is 0 Å². The van der Waals surface area contributed by atoms with E-state index in [4.69, 9.17) is 17.0 Å². The monoisotopic (exact) mass is 712 g/mol. The zero-order valence-corrected chi connectivity index (χ0v) is 30.6. The molecule has 0 saturated carbocycles. The fourth-order valence-corrected chi connectivity index (χ4v) is 5.99. The summed E-state index contributed by atoms with van der Waals surface area (Å²) in [5, 5.41) is 10.5. The predicted octanol–water partition coefficient (Wildman–Crippen LogP) is 13.5. The fraction of sp³-hybridized carbons (Fsp3) is 0.0930. The summed E-state index contributed by atoms with van der Waals surface area (Å²) >= 11 is -1.84. The first-order chi connectivity index (χ1) is 22.3. The Morgan fingerprint density at radius 3 is 1.26 bits per heavy atom. The molecule has 0 heterocycles.